The average Bonchev–Trinajstić information content (AvgIpc) is 3.09. The molecular formula is C25H21Cl2N3O. The zero-order valence-electron chi connectivity index (χ0n) is 16.8. The van der Waals surface area contributed by atoms with Crippen LogP contribution in [0.1, 0.15) is 16.8 Å². The van der Waals surface area contributed by atoms with Crippen LogP contribution in [0.3, 0.4) is 0 Å². The summed E-state index contributed by atoms with van der Waals surface area (Å²) < 4.78 is 2.39. The van der Waals surface area contributed by atoms with E-state index in [1.54, 1.807) is 18.2 Å². The second kappa shape index (κ2) is 8.29. The molecular weight excluding hydrogens is 429 g/mol. The molecule has 5 rings (SSSR count). The minimum atomic E-state index is -0.158. The third kappa shape index (κ3) is 3.89. The fourth-order valence-corrected chi connectivity index (χ4v) is 4.76. The molecule has 0 aliphatic carbocycles. The summed E-state index contributed by atoms with van der Waals surface area (Å²) in [5.74, 6) is 0. The molecule has 1 aliphatic rings. The Kier molecular flexibility index (Phi) is 5.34. The van der Waals surface area contributed by atoms with Crippen LogP contribution < -0.4 is 5.32 Å². The van der Waals surface area contributed by atoms with Gasteiger partial charge in [-0.1, -0.05) is 71.7 Å². The predicted molar refractivity (Wildman–Crippen MR) is 127 cm³/mol. The van der Waals surface area contributed by atoms with Gasteiger partial charge in [0, 0.05) is 53.2 Å². The number of carbonyl (C=O) groups is 1. The molecule has 1 aliphatic heterocycles. The van der Waals surface area contributed by atoms with Crippen molar-refractivity contribution in [3.8, 4) is 0 Å². The first kappa shape index (κ1) is 20.0. The van der Waals surface area contributed by atoms with Crippen molar-refractivity contribution in [1.29, 1.82) is 0 Å². The number of fused-ring (bicyclic) bond motifs is 3. The van der Waals surface area contributed by atoms with E-state index in [1.807, 2.05) is 11.0 Å². The molecule has 0 radical (unpaired) electrons. The maximum Gasteiger partial charge on any atom is 0.322 e. The average molecular weight is 450 g/mol. The summed E-state index contributed by atoms with van der Waals surface area (Å²) in [6.45, 7) is 2.03. The number of nitrogens with one attached hydrogen (secondary N) is 1. The monoisotopic (exact) mass is 449 g/mol. The number of halogens is 2. The van der Waals surface area contributed by atoms with E-state index in [2.05, 4.69) is 58.4 Å². The molecule has 31 heavy (non-hydrogen) atoms. The van der Waals surface area contributed by atoms with Gasteiger partial charge in [0.1, 0.15) is 0 Å². The molecule has 2 heterocycles. The number of para-hydroxylation sites is 1. The van der Waals surface area contributed by atoms with Crippen molar-refractivity contribution in [2.24, 2.45) is 0 Å². The van der Waals surface area contributed by atoms with Gasteiger partial charge in [0.2, 0.25) is 0 Å². The van der Waals surface area contributed by atoms with E-state index in [9.17, 15) is 4.79 Å². The topological polar surface area (TPSA) is 37.3 Å². The molecule has 0 saturated heterocycles. The first-order chi connectivity index (χ1) is 15.1. The van der Waals surface area contributed by atoms with E-state index in [0.717, 1.165) is 13.0 Å². The van der Waals surface area contributed by atoms with Crippen LogP contribution in [0.4, 0.5) is 10.5 Å². The lowest BCUT2D eigenvalue weighted by Gasteiger charge is -2.28. The number of nitrogens with zero attached hydrogens (tertiary/aromatic N) is 2. The van der Waals surface area contributed by atoms with Crippen molar-refractivity contribution in [3.05, 3.63) is 99.7 Å². The van der Waals surface area contributed by atoms with Gasteiger partial charge in [-0.15, -0.1) is 0 Å². The summed E-state index contributed by atoms with van der Waals surface area (Å²) in [6.07, 6.45) is 0.804. The molecule has 0 unspecified atom stereocenters. The van der Waals surface area contributed by atoms with Crippen LogP contribution in [-0.4, -0.2) is 22.0 Å². The number of amides is 2. The minimum absolute atomic E-state index is 0.158. The second-order valence-corrected chi connectivity index (χ2v) is 8.58. The molecule has 0 spiro atoms. The predicted octanol–water partition coefficient (Wildman–Crippen LogP) is 6.59. The molecule has 0 fully saturated rings. The van der Waals surface area contributed by atoms with Gasteiger partial charge in [0.15, 0.2) is 0 Å². The Morgan fingerprint density at radius 3 is 2.55 bits per heavy atom. The van der Waals surface area contributed by atoms with Gasteiger partial charge < -0.3 is 14.8 Å². The largest absolute Gasteiger partial charge is 0.340 e. The molecule has 2 amide bonds. The highest BCUT2D eigenvalue weighted by molar-refractivity contribution is 6.36. The van der Waals surface area contributed by atoms with Crippen molar-refractivity contribution in [2.75, 3.05) is 11.9 Å². The van der Waals surface area contributed by atoms with Crippen LogP contribution in [0, 0.1) is 0 Å². The molecule has 0 bridgehead atoms. The van der Waals surface area contributed by atoms with E-state index in [4.69, 9.17) is 23.2 Å². The van der Waals surface area contributed by atoms with Crippen LogP contribution in [0.15, 0.2) is 72.8 Å². The van der Waals surface area contributed by atoms with Crippen LogP contribution >= 0.6 is 23.2 Å². The minimum Gasteiger partial charge on any atom is -0.340 e. The van der Waals surface area contributed by atoms with Gasteiger partial charge in [0.25, 0.3) is 0 Å². The van der Waals surface area contributed by atoms with E-state index in [1.165, 1.54) is 27.7 Å². The first-order valence-corrected chi connectivity index (χ1v) is 11.0. The Labute approximate surface area is 191 Å². The third-order valence-electron chi connectivity index (χ3n) is 5.81. The summed E-state index contributed by atoms with van der Waals surface area (Å²) in [5, 5.41) is 5.09. The molecule has 1 N–H and O–H groups in total. The Bertz CT molecular complexity index is 1270. The number of carbonyl (C=O) groups excluding carboxylic acids is 1. The van der Waals surface area contributed by atoms with Gasteiger partial charge in [-0.05, 0) is 29.8 Å². The van der Waals surface area contributed by atoms with E-state index in [-0.39, 0.29) is 6.03 Å². The normalized spacial score (nSPS) is 13.3. The molecule has 1 aromatic heterocycles. The molecule has 3 aromatic carbocycles. The van der Waals surface area contributed by atoms with Crippen molar-refractivity contribution in [1.82, 2.24) is 9.47 Å². The Morgan fingerprint density at radius 1 is 0.968 bits per heavy atom. The summed E-state index contributed by atoms with van der Waals surface area (Å²) in [4.78, 5) is 14.8. The lowest BCUT2D eigenvalue weighted by atomic mass is 10.0. The number of anilines is 1. The number of hydrogen-bond donors (Lipinski definition) is 1. The molecule has 6 heteroatoms. The first-order valence-electron chi connectivity index (χ1n) is 10.2. The summed E-state index contributed by atoms with van der Waals surface area (Å²) >= 11 is 12.2. The summed E-state index contributed by atoms with van der Waals surface area (Å²) in [6, 6.07) is 23.8. The van der Waals surface area contributed by atoms with Gasteiger partial charge in [-0.3, -0.25) is 0 Å². The number of rotatable bonds is 3. The van der Waals surface area contributed by atoms with Crippen molar-refractivity contribution in [2.45, 2.75) is 19.5 Å². The fraction of sp³-hybridized carbons (Fsp3) is 0.160. The Hall–Kier alpha value is -2.95. The summed E-state index contributed by atoms with van der Waals surface area (Å²) in [5.41, 5.74) is 5.56. The number of urea groups is 1. The fourth-order valence-electron chi connectivity index (χ4n) is 4.31. The van der Waals surface area contributed by atoms with Gasteiger partial charge in [-0.2, -0.15) is 0 Å². The molecule has 156 valence electrons. The van der Waals surface area contributed by atoms with Crippen molar-refractivity contribution in [3.63, 3.8) is 0 Å². The zero-order valence-corrected chi connectivity index (χ0v) is 18.3. The lowest BCUT2D eigenvalue weighted by molar-refractivity contribution is 0.206. The van der Waals surface area contributed by atoms with E-state index in [0.29, 0.717) is 28.8 Å². The van der Waals surface area contributed by atoms with Crippen LogP contribution in [-0.2, 0) is 19.5 Å². The van der Waals surface area contributed by atoms with E-state index < -0.39 is 0 Å². The number of aromatic nitrogens is 1. The smallest absolute Gasteiger partial charge is 0.322 e. The van der Waals surface area contributed by atoms with E-state index >= 15 is 0 Å². The highest BCUT2D eigenvalue weighted by Gasteiger charge is 2.27. The van der Waals surface area contributed by atoms with Crippen molar-refractivity contribution >= 4 is 45.8 Å². The van der Waals surface area contributed by atoms with Crippen molar-refractivity contribution < 1.29 is 4.79 Å². The van der Waals surface area contributed by atoms with Crippen LogP contribution in [0.25, 0.3) is 10.9 Å². The van der Waals surface area contributed by atoms with Crippen LogP contribution in [0.2, 0.25) is 10.0 Å². The lowest BCUT2D eigenvalue weighted by Crippen LogP contribution is -2.39. The highest BCUT2D eigenvalue weighted by Crippen LogP contribution is 2.32. The SMILES string of the molecule is O=C(Nc1ccc(Cl)cc1Cl)N1CCc2c(c3ccccc3n2Cc2ccccc2)C1. The standard InChI is InChI=1S/C25H21Cl2N3O/c26-18-10-11-22(21(27)14-18)28-25(31)29-13-12-24-20(16-29)19-8-4-5-9-23(19)30(24)15-17-6-2-1-3-7-17/h1-11,14H,12-13,15-16H2,(H,28,31). The molecule has 4 nitrogen and oxygen atoms in total. The highest BCUT2D eigenvalue weighted by atomic mass is 35.5. The maximum atomic E-state index is 13.0. The molecule has 0 atom stereocenters. The van der Waals surface area contributed by atoms with Crippen LogP contribution in [0.5, 0.6) is 0 Å². The quantitative estimate of drug-likeness (QED) is 0.376. The third-order valence-corrected chi connectivity index (χ3v) is 6.35. The Morgan fingerprint density at radius 2 is 1.74 bits per heavy atom. The summed E-state index contributed by atoms with van der Waals surface area (Å²) in [7, 11) is 0. The number of benzene rings is 3. The molecule has 0 saturated carbocycles. The van der Waals surface area contributed by atoms with Gasteiger partial charge >= 0.3 is 6.03 Å². The number of hydrogen-bond acceptors (Lipinski definition) is 1. The van der Waals surface area contributed by atoms with Gasteiger partial charge in [0.05, 0.1) is 10.7 Å². The second-order valence-electron chi connectivity index (χ2n) is 7.74. The molecule has 4 aromatic rings. The zero-order chi connectivity index (χ0) is 21.4. The Balaban J connectivity index is 1.44. The maximum absolute atomic E-state index is 13.0. The van der Waals surface area contributed by atoms with Gasteiger partial charge in [-0.25, -0.2) is 4.79 Å².